The summed E-state index contributed by atoms with van der Waals surface area (Å²) < 4.78 is 0. The standard InChI is InChI=1S/C30H50O3/c1-20(8-7-13-25(2,3)33)21-11-14-28(6)23-10-9-22-26(4,19-31)24(32)12-15-29(22)18-30(23,29)17-16-27(21,28)5/h7,13,20-24,31-33H,8-12,14-19H2,1-6H3/b13-7+/t20-,21-,22+,23+,24+,26+,27-,28+,29-,30+/m1/s1. The molecule has 3 heteroatoms. The van der Waals surface area contributed by atoms with E-state index in [9.17, 15) is 15.3 Å². The van der Waals surface area contributed by atoms with Crippen LogP contribution in [0.3, 0.4) is 0 Å². The van der Waals surface area contributed by atoms with Gasteiger partial charge in [0.05, 0.1) is 18.3 Å². The van der Waals surface area contributed by atoms with Gasteiger partial charge in [-0.1, -0.05) is 39.8 Å². The van der Waals surface area contributed by atoms with Crippen LogP contribution in [-0.2, 0) is 0 Å². The molecular formula is C30H50O3. The second kappa shape index (κ2) is 7.32. The minimum atomic E-state index is -0.722. The predicted molar refractivity (Wildman–Crippen MR) is 134 cm³/mol. The molecule has 0 aromatic heterocycles. The predicted octanol–water partition coefficient (Wildman–Crippen LogP) is 6.11. The molecular weight excluding hydrogens is 408 g/mol. The second-order valence-corrected chi connectivity index (χ2v) is 14.6. The monoisotopic (exact) mass is 458 g/mol. The highest BCUT2D eigenvalue weighted by Gasteiger charge is 2.82. The molecule has 0 saturated heterocycles. The molecule has 33 heavy (non-hydrogen) atoms. The van der Waals surface area contributed by atoms with Crippen molar-refractivity contribution >= 4 is 0 Å². The summed E-state index contributed by atoms with van der Waals surface area (Å²) in [5.41, 5.74) is 0.630. The zero-order valence-corrected chi connectivity index (χ0v) is 22.2. The average Bonchev–Trinajstić information content (AvgIpc) is 3.32. The molecule has 0 unspecified atom stereocenters. The van der Waals surface area contributed by atoms with Crippen LogP contribution in [0, 0.1) is 50.7 Å². The minimum absolute atomic E-state index is 0.133. The molecule has 0 aromatic carbocycles. The molecule has 0 bridgehead atoms. The molecule has 5 aliphatic rings. The summed E-state index contributed by atoms with van der Waals surface area (Å²) in [6.07, 6.45) is 16.2. The van der Waals surface area contributed by atoms with Crippen molar-refractivity contribution in [2.24, 2.45) is 50.7 Å². The molecule has 0 aromatic rings. The molecule has 2 spiro atoms. The maximum atomic E-state index is 10.9. The van der Waals surface area contributed by atoms with Crippen molar-refractivity contribution < 1.29 is 15.3 Å². The third kappa shape index (κ3) is 3.03. The van der Waals surface area contributed by atoms with E-state index in [0.29, 0.717) is 33.5 Å². The molecule has 0 aliphatic heterocycles. The van der Waals surface area contributed by atoms with Gasteiger partial charge in [0.25, 0.3) is 0 Å². The van der Waals surface area contributed by atoms with E-state index in [1.54, 1.807) is 0 Å². The van der Waals surface area contributed by atoms with Crippen LogP contribution in [0.25, 0.3) is 0 Å². The minimum Gasteiger partial charge on any atom is -0.396 e. The maximum Gasteiger partial charge on any atom is 0.0771 e. The lowest BCUT2D eigenvalue weighted by atomic mass is 9.41. The average molecular weight is 459 g/mol. The highest BCUT2D eigenvalue weighted by atomic mass is 16.3. The van der Waals surface area contributed by atoms with Crippen LogP contribution in [0.15, 0.2) is 12.2 Å². The van der Waals surface area contributed by atoms with Gasteiger partial charge in [-0.15, -0.1) is 0 Å². The number of hydrogen-bond acceptors (Lipinski definition) is 3. The van der Waals surface area contributed by atoms with Gasteiger partial charge in [-0.2, -0.15) is 0 Å². The molecule has 5 aliphatic carbocycles. The molecule has 5 rings (SSSR count). The Bertz CT molecular complexity index is 814. The Morgan fingerprint density at radius 1 is 0.909 bits per heavy atom. The summed E-state index contributed by atoms with van der Waals surface area (Å²) >= 11 is 0. The topological polar surface area (TPSA) is 60.7 Å². The first-order chi connectivity index (χ1) is 15.3. The van der Waals surface area contributed by atoms with E-state index in [1.807, 2.05) is 19.9 Å². The van der Waals surface area contributed by atoms with Crippen LogP contribution < -0.4 is 0 Å². The van der Waals surface area contributed by atoms with E-state index in [4.69, 9.17) is 0 Å². The summed E-state index contributed by atoms with van der Waals surface area (Å²) in [4.78, 5) is 0. The van der Waals surface area contributed by atoms with Gasteiger partial charge in [0.1, 0.15) is 0 Å². The van der Waals surface area contributed by atoms with E-state index in [1.165, 1.54) is 51.4 Å². The van der Waals surface area contributed by atoms with Crippen molar-refractivity contribution in [3.63, 3.8) is 0 Å². The Morgan fingerprint density at radius 2 is 1.58 bits per heavy atom. The third-order valence-corrected chi connectivity index (χ3v) is 13.0. The summed E-state index contributed by atoms with van der Waals surface area (Å²) in [5.74, 6) is 2.71. The normalized spacial score (nSPS) is 54.3. The molecule has 10 atom stereocenters. The van der Waals surface area contributed by atoms with Crippen LogP contribution in [0.4, 0.5) is 0 Å². The number of rotatable bonds is 5. The van der Waals surface area contributed by atoms with Gasteiger partial charge < -0.3 is 15.3 Å². The molecule has 0 amide bonds. The van der Waals surface area contributed by atoms with Crippen molar-refractivity contribution in [3.05, 3.63) is 12.2 Å². The van der Waals surface area contributed by atoms with Gasteiger partial charge in [-0.05, 0) is 123 Å². The van der Waals surface area contributed by atoms with Crippen molar-refractivity contribution in [2.75, 3.05) is 6.61 Å². The van der Waals surface area contributed by atoms with Gasteiger partial charge in [0.2, 0.25) is 0 Å². The zero-order valence-electron chi connectivity index (χ0n) is 22.2. The van der Waals surface area contributed by atoms with Crippen LogP contribution in [0.2, 0.25) is 0 Å². The van der Waals surface area contributed by atoms with Crippen molar-refractivity contribution in [3.8, 4) is 0 Å². The fraction of sp³-hybridized carbons (Fsp3) is 0.933. The first-order valence-electron chi connectivity index (χ1n) is 14.0. The van der Waals surface area contributed by atoms with Gasteiger partial charge in [0.15, 0.2) is 0 Å². The Kier molecular flexibility index (Phi) is 5.40. The number of aliphatic hydroxyl groups is 3. The second-order valence-electron chi connectivity index (χ2n) is 14.6. The smallest absolute Gasteiger partial charge is 0.0771 e. The van der Waals surface area contributed by atoms with E-state index < -0.39 is 5.60 Å². The number of hydrogen-bond donors (Lipinski definition) is 3. The van der Waals surface area contributed by atoms with E-state index >= 15 is 0 Å². The van der Waals surface area contributed by atoms with Crippen molar-refractivity contribution in [1.82, 2.24) is 0 Å². The van der Waals surface area contributed by atoms with Gasteiger partial charge in [-0.25, -0.2) is 0 Å². The zero-order chi connectivity index (χ0) is 24.1. The molecule has 3 N–H and O–H groups in total. The molecule has 5 saturated carbocycles. The van der Waals surface area contributed by atoms with E-state index in [2.05, 4.69) is 33.8 Å². The Hall–Kier alpha value is -0.380. The Labute approximate surface area is 202 Å². The SMILES string of the molecule is C[C@H](C/C=C/C(C)(C)O)[C@H]1CC[C@@]2(C)[C@@H]3CC[C@H]4[C@](C)(CO)[C@@H](O)CC[C@@]45C[C@@]35CC[C@]12C. The summed E-state index contributed by atoms with van der Waals surface area (Å²) in [6, 6.07) is 0. The van der Waals surface area contributed by atoms with Crippen LogP contribution in [0.1, 0.15) is 106 Å². The molecule has 3 nitrogen and oxygen atoms in total. The van der Waals surface area contributed by atoms with Gasteiger partial charge in [0, 0.05) is 5.41 Å². The first-order valence-corrected chi connectivity index (χ1v) is 14.0. The highest BCUT2D eigenvalue weighted by molar-refractivity contribution is 5.30. The summed E-state index contributed by atoms with van der Waals surface area (Å²) in [5, 5.41) is 31.3. The maximum absolute atomic E-state index is 10.9. The number of aliphatic hydroxyl groups excluding tert-OH is 2. The summed E-state index contributed by atoms with van der Waals surface area (Å²) in [7, 11) is 0. The van der Waals surface area contributed by atoms with Crippen molar-refractivity contribution in [2.45, 2.75) is 117 Å². The lowest BCUT2D eigenvalue weighted by Gasteiger charge is -2.63. The largest absolute Gasteiger partial charge is 0.396 e. The quantitative estimate of drug-likeness (QED) is 0.435. The van der Waals surface area contributed by atoms with Crippen LogP contribution >= 0.6 is 0 Å². The first kappa shape index (κ1) is 24.3. The van der Waals surface area contributed by atoms with Crippen LogP contribution in [0.5, 0.6) is 0 Å². The van der Waals surface area contributed by atoms with Gasteiger partial charge in [-0.3, -0.25) is 0 Å². The Balaban J connectivity index is 1.40. The van der Waals surface area contributed by atoms with E-state index in [-0.39, 0.29) is 18.1 Å². The molecule has 5 fully saturated rings. The number of allylic oxidation sites excluding steroid dienone is 1. The molecule has 188 valence electrons. The fourth-order valence-corrected chi connectivity index (χ4v) is 11.1. The fourth-order valence-electron chi connectivity index (χ4n) is 11.1. The lowest BCUT2D eigenvalue weighted by molar-refractivity contribution is -0.174. The van der Waals surface area contributed by atoms with Gasteiger partial charge >= 0.3 is 0 Å². The Morgan fingerprint density at radius 3 is 2.24 bits per heavy atom. The molecule has 0 heterocycles. The third-order valence-electron chi connectivity index (χ3n) is 13.0. The van der Waals surface area contributed by atoms with E-state index in [0.717, 1.165) is 24.7 Å². The van der Waals surface area contributed by atoms with Crippen LogP contribution in [-0.4, -0.2) is 33.6 Å². The summed E-state index contributed by atoms with van der Waals surface area (Å²) in [6.45, 7) is 13.8. The molecule has 0 radical (unpaired) electrons. The highest BCUT2D eigenvalue weighted by Crippen LogP contribution is 2.89. The number of fused-ring (bicyclic) bond motifs is 2. The lowest BCUT2D eigenvalue weighted by Crippen LogP contribution is -2.59. The van der Waals surface area contributed by atoms with Crippen molar-refractivity contribution in [1.29, 1.82) is 0 Å².